The zero-order chi connectivity index (χ0) is 11.2. The van der Waals surface area contributed by atoms with Gasteiger partial charge in [0, 0.05) is 6.20 Å². The Morgan fingerprint density at radius 3 is 2.69 bits per heavy atom. The molecule has 2 heteroatoms. The lowest BCUT2D eigenvalue weighted by molar-refractivity contribution is 0.420. The maximum Gasteiger partial charge on any atom is 0.140 e. The minimum absolute atomic E-state index is 0.481. The third-order valence-electron chi connectivity index (χ3n) is 3.11. The SMILES string of the molecule is N#Cc1ccc(/C=C\C2CCCCC2)cn1. The summed E-state index contributed by atoms with van der Waals surface area (Å²) >= 11 is 0. The minimum Gasteiger partial charge on any atom is -0.245 e. The van der Waals surface area contributed by atoms with E-state index in [9.17, 15) is 0 Å². The van der Waals surface area contributed by atoms with E-state index in [0.29, 0.717) is 5.69 Å². The van der Waals surface area contributed by atoms with Crippen molar-refractivity contribution in [1.82, 2.24) is 4.98 Å². The lowest BCUT2D eigenvalue weighted by atomic mass is 9.89. The Labute approximate surface area is 96.6 Å². The van der Waals surface area contributed by atoms with Gasteiger partial charge >= 0.3 is 0 Å². The van der Waals surface area contributed by atoms with Gasteiger partial charge in [0.15, 0.2) is 0 Å². The largest absolute Gasteiger partial charge is 0.245 e. The third-order valence-corrected chi connectivity index (χ3v) is 3.11. The first-order valence-corrected chi connectivity index (χ1v) is 5.93. The number of nitrogens with zero attached hydrogens (tertiary/aromatic N) is 2. The summed E-state index contributed by atoms with van der Waals surface area (Å²) in [5.74, 6) is 0.740. The molecule has 0 saturated heterocycles. The molecule has 16 heavy (non-hydrogen) atoms. The van der Waals surface area contributed by atoms with Crippen molar-refractivity contribution in [2.45, 2.75) is 32.1 Å². The molecule has 2 nitrogen and oxygen atoms in total. The highest BCUT2D eigenvalue weighted by atomic mass is 14.7. The van der Waals surface area contributed by atoms with Crippen LogP contribution in [0.25, 0.3) is 6.08 Å². The molecule has 1 aromatic heterocycles. The predicted octanol–water partition coefficient (Wildman–Crippen LogP) is 3.55. The van der Waals surface area contributed by atoms with Crippen molar-refractivity contribution in [3.8, 4) is 6.07 Å². The Hall–Kier alpha value is -1.62. The first kappa shape index (κ1) is 10.9. The summed E-state index contributed by atoms with van der Waals surface area (Å²) in [5.41, 5.74) is 1.57. The summed E-state index contributed by atoms with van der Waals surface area (Å²) in [5, 5.41) is 8.63. The van der Waals surface area contributed by atoms with Gasteiger partial charge in [-0.1, -0.05) is 37.5 Å². The molecule has 0 amide bonds. The van der Waals surface area contributed by atoms with Crippen molar-refractivity contribution in [3.63, 3.8) is 0 Å². The fraction of sp³-hybridized carbons (Fsp3) is 0.429. The number of pyridine rings is 1. The van der Waals surface area contributed by atoms with Crippen molar-refractivity contribution in [2.24, 2.45) is 5.92 Å². The van der Waals surface area contributed by atoms with Crippen LogP contribution in [0, 0.1) is 17.2 Å². The number of hydrogen-bond acceptors (Lipinski definition) is 2. The minimum atomic E-state index is 0.481. The zero-order valence-electron chi connectivity index (χ0n) is 9.39. The van der Waals surface area contributed by atoms with Crippen LogP contribution in [0.2, 0.25) is 0 Å². The van der Waals surface area contributed by atoms with E-state index in [1.54, 1.807) is 12.3 Å². The van der Waals surface area contributed by atoms with Gasteiger partial charge in [0.2, 0.25) is 0 Å². The second-order valence-corrected chi connectivity index (χ2v) is 4.35. The van der Waals surface area contributed by atoms with E-state index in [-0.39, 0.29) is 0 Å². The Morgan fingerprint density at radius 2 is 2.06 bits per heavy atom. The molecule has 82 valence electrons. The topological polar surface area (TPSA) is 36.7 Å². The Kier molecular flexibility index (Phi) is 3.71. The van der Waals surface area contributed by atoms with Gasteiger partial charge in [-0.25, -0.2) is 4.98 Å². The highest BCUT2D eigenvalue weighted by Gasteiger charge is 2.09. The van der Waals surface area contributed by atoms with Crippen LogP contribution in [0.4, 0.5) is 0 Å². The van der Waals surface area contributed by atoms with E-state index in [4.69, 9.17) is 5.26 Å². The maximum absolute atomic E-state index is 8.63. The van der Waals surface area contributed by atoms with Crippen molar-refractivity contribution in [2.75, 3.05) is 0 Å². The van der Waals surface area contributed by atoms with Gasteiger partial charge in [-0.15, -0.1) is 0 Å². The van der Waals surface area contributed by atoms with Gasteiger partial charge in [-0.3, -0.25) is 0 Å². The van der Waals surface area contributed by atoms with E-state index < -0.39 is 0 Å². The normalized spacial score (nSPS) is 17.4. The lowest BCUT2D eigenvalue weighted by Crippen LogP contribution is -2.02. The number of nitriles is 1. The van der Waals surface area contributed by atoms with Gasteiger partial charge in [0.25, 0.3) is 0 Å². The summed E-state index contributed by atoms with van der Waals surface area (Å²) in [6, 6.07) is 5.74. The summed E-state index contributed by atoms with van der Waals surface area (Å²) < 4.78 is 0. The van der Waals surface area contributed by atoms with Crippen molar-refractivity contribution < 1.29 is 0 Å². The molecule has 1 aromatic rings. The number of aromatic nitrogens is 1. The van der Waals surface area contributed by atoms with E-state index in [1.807, 2.05) is 12.1 Å². The molecule has 0 aliphatic heterocycles. The summed E-state index contributed by atoms with van der Waals surface area (Å²) in [6.45, 7) is 0. The van der Waals surface area contributed by atoms with Gasteiger partial charge < -0.3 is 0 Å². The third kappa shape index (κ3) is 2.93. The Balaban J connectivity index is 1.97. The predicted molar refractivity (Wildman–Crippen MR) is 64.6 cm³/mol. The molecule has 1 heterocycles. The molecular formula is C14H16N2. The van der Waals surface area contributed by atoms with Crippen LogP contribution >= 0.6 is 0 Å². The highest BCUT2D eigenvalue weighted by Crippen LogP contribution is 2.25. The smallest absolute Gasteiger partial charge is 0.140 e. The van der Waals surface area contributed by atoms with Crippen LogP contribution in [0.15, 0.2) is 24.4 Å². The molecule has 0 unspecified atom stereocenters. The zero-order valence-corrected chi connectivity index (χ0v) is 9.39. The van der Waals surface area contributed by atoms with E-state index in [0.717, 1.165) is 11.5 Å². The first-order valence-electron chi connectivity index (χ1n) is 5.93. The van der Waals surface area contributed by atoms with Crippen LogP contribution < -0.4 is 0 Å². The molecular weight excluding hydrogens is 196 g/mol. The van der Waals surface area contributed by atoms with E-state index in [2.05, 4.69) is 17.1 Å². The van der Waals surface area contributed by atoms with Gasteiger partial charge in [0.05, 0.1) is 0 Å². The second kappa shape index (κ2) is 5.46. The summed E-state index contributed by atoms with van der Waals surface area (Å²) in [4.78, 5) is 4.05. The molecule has 0 bridgehead atoms. The second-order valence-electron chi connectivity index (χ2n) is 4.35. The maximum atomic E-state index is 8.63. The molecule has 1 saturated carbocycles. The number of rotatable bonds is 2. The summed E-state index contributed by atoms with van der Waals surface area (Å²) in [7, 11) is 0. The van der Waals surface area contributed by atoms with Crippen LogP contribution in [0.3, 0.4) is 0 Å². The van der Waals surface area contributed by atoms with Crippen LogP contribution in [-0.2, 0) is 0 Å². The lowest BCUT2D eigenvalue weighted by Gasteiger charge is -2.17. The average Bonchev–Trinajstić information content (AvgIpc) is 2.38. The fourth-order valence-electron chi connectivity index (χ4n) is 2.14. The molecule has 1 aliphatic rings. The van der Waals surface area contributed by atoms with Crippen molar-refractivity contribution >= 4 is 6.08 Å². The quantitative estimate of drug-likeness (QED) is 0.751. The van der Waals surface area contributed by atoms with E-state index in [1.165, 1.54) is 32.1 Å². The summed E-state index contributed by atoms with van der Waals surface area (Å²) in [6.07, 6.45) is 12.9. The van der Waals surface area contributed by atoms with E-state index >= 15 is 0 Å². The molecule has 0 atom stereocenters. The molecule has 0 aromatic carbocycles. The molecule has 2 rings (SSSR count). The molecule has 0 spiro atoms. The van der Waals surface area contributed by atoms with Crippen LogP contribution in [0.5, 0.6) is 0 Å². The van der Waals surface area contributed by atoms with Crippen molar-refractivity contribution in [1.29, 1.82) is 5.26 Å². The monoisotopic (exact) mass is 212 g/mol. The van der Waals surface area contributed by atoms with Crippen molar-refractivity contribution in [3.05, 3.63) is 35.7 Å². The van der Waals surface area contributed by atoms with Gasteiger partial charge in [-0.2, -0.15) is 5.26 Å². The highest BCUT2D eigenvalue weighted by molar-refractivity contribution is 5.48. The molecule has 0 N–H and O–H groups in total. The standard InChI is InChI=1S/C14H16N2/c15-10-14-9-8-13(11-16-14)7-6-12-4-2-1-3-5-12/h6-9,11-12H,1-5H2/b7-6-. The average molecular weight is 212 g/mol. The molecule has 0 radical (unpaired) electrons. The Bertz CT molecular complexity index is 392. The van der Waals surface area contributed by atoms with Gasteiger partial charge in [0.1, 0.15) is 11.8 Å². The molecule has 1 fully saturated rings. The van der Waals surface area contributed by atoms with Gasteiger partial charge in [-0.05, 0) is 30.4 Å². The Morgan fingerprint density at radius 1 is 1.25 bits per heavy atom. The molecule has 1 aliphatic carbocycles. The number of hydrogen-bond donors (Lipinski definition) is 0. The number of allylic oxidation sites excluding steroid dienone is 1. The first-order chi connectivity index (χ1) is 7.88. The van der Waals surface area contributed by atoms with Crippen LogP contribution in [-0.4, -0.2) is 4.98 Å². The fourth-order valence-corrected chi connectivity index (χ4v) is 2.14. The van der Waals surface area contributed by atoms with Crippen LogP contribution in [0.1, 0.15) is 43.4 Å².